The van der Waals surface area contributed by atoms with Gasteiger partial charge in [-0.3, -0.25) is 14.8 Å². The second kappa shape index (κ2) is 8.12. The molecule has 0 radical (unpaired) electrons. The van der Waals surface area contributed by atoms with Crippen molar-refractivity contribution in [2.45, 2.75) is 32.4 Å². The van der Waals surface area contributed by atoms with Gasteiger partial charge in [-0.2, -0.15) is 5.10 Å². The fourth-order valence-corrected chi connectivity index (χ4v) is 3.88. The summed E-state index contributed by atoms with van der Waals surface area (Å²) in [7, 11) is 1.68. The maximum Gasteiger partial charge on any atom is 0.416 e. The summed E-state index contributed by atoms with van der Waals surface area (Å²) in [5.41, 5.74) is 5.22. The third-order valence-electron chi connectivity index (χ3n) is 5.18. The molecule has 0 unspecified atom stereocenters. The van der Waals surface area contributed by atoms with Crippen LogP contribution in [0.15, 0.2) is 18.2 Å². The Balaban J connectivity index is 1.58. The molecule has 3 N–H and O–H groups in total. The lowest BCUT2D eigenvalue weighted by Gasteiger charge is -2.16. The zero-order valence-electron chi connectivity index (χ0n) is 16.6. The minimum atomic E-state index is -0.626. The van der Waals surface area contributed by atoms with E-state index in [9.17, 15) is 9.59 Å². The molecule has 1 aliphatic heterocycles. The van der Waals surface area contributed by atoms with Gasteiger partial charge in [-0.1, -0.05) is 6.07 Å². The zero-order chi connectivity index (χ0) is 20.4. The summed E-state index contributed by atoms with van der Waals surface area (Å²) in [6.45, 7) is 3.01. The van der Waals surface area contributed by atoms with Crippen LogP contribution >= 0.6 is 0 Å². The van der Waals surface area contributed by atoms with Crippen molar-refractivity contribution in [1.82, 2.24) is 15.5 Å². The molecular formula is C20H25N5O4. The first-order valence-electron chi connectivity index (χ1n) is 9.75. The molecule has 0 bridgehead atoms. The largest absolute Gasteiger partial charge is 0.423 e. The number of rotatable bonds is 6. The third kappa shape index (κ3) is 3.91. The highest BCUT2D eigenvalue weighted by atomic mass is 16.6. The molecule has 2 amide bonds. The number of anilines is 2. The fourth-order valence-electron chi connectivity index (χ4n) is 3.88. The number of nitrogens with one attached hydrogen (secondary N) is 3. The lowest BCUT2D eigenvalue weighted by Crippen LogP contribution is -2.36. The lowest BCUT2D eigenvalue weighted by atomic mass is 10.0. The molecule has 2 aliphatic rings. The predicted molar refractivity (Wildman–Crippen MR) is 108 cm³/mol. The quantitative estimate of drug-likeness (QED) is 0.642. The molecule has 2 aromatic rings. The number of nitrogens with zero attached hydrogens (tertiary/aromatic N) is 2. The van der Waals surface area contributed by atoms with E-state index in [1.165, 1.54) is 12.5 Å². The van der Waals surface area contributed by atoms with E-state index >= 15 is 0 Å². The molecule has 1 fully saturated rings. The highest BCUT2D eigenvalue weighted by Gasteiger charge is 2.33. The van der Waals surface area contributed by atoms with Gasteiger partial charge in [-0.25, -0.2) is 4.79 Å². The highest BCUT2D eigenvalue weighted by molar-refractivity contribution is 5.91. The van der Waals surface area contributed by atoms with Crippen molar-refractivity contribution in [1.29, 1.82) is 0 Å². The number of methoxy groups -OCH3 is 1. The van der Waals surface area contributed by atoms with Crippen LogP contribution < -0.4 is 15.5 Å². The summed E-state index contributed by atoms with van der Waals surface area (Å²) in [4.78, 5) is 25.0. The van der Waals surface area contributed by atoms with Crippen molar-refractivity contribution in [2.24, 2.45) is 0 Å². The van der Waals surface area contributed by atoms with Crippen LogP contribution in [-0.2, 0) is 27.1 Å². The van der Waals surface area contributed by atoms with E-state index in [1.54, 1.807) is 12.0 Å². The molecule has 4 rings (SSSR count). The molecule has 9 heteroatoms. The number of hydrogen-bond acceptors (Lipinski definition) is 6. The first-order valence-corrected chi connectivity index (χ1v) is 9.75. The van der Waals surface area contributed by atoms with Crippen LogP contribution in [0.4, 0.5) is 16.3 Å². The van der Waals surface area contributed by atoms with E-state index in [0.717, 1.165) is 47.6 Å². The summed E-state index contributed by atoms with van der Waals surface area (Å²) < 4.78 is 10.3. The van der Waals surface area contributed by atoms with Gasteiger partial charge in [-0.05, 0) is 37.0 Å². The number of ether oxygens (including phenoxy) is 2. The summed E-state index contributed by atoms with van der Waals surface area (Å²) in [6.07, 6.45) is 1.73. The zero-order valence-corrected chi connectivity index (χ0v) is 16.6. The van der Waals surface area contributed by atoms with Crippen LogP contribution in [-0.4, -0.2) is 55.2 Å². The Hall–Kier alpha value is -3.07. The first kappa shape index (κ1) is 19.3. The van der Waals surface area contributed by atoms with Gasteiger partial charge in [0.25, 0.3) is 0 Å². The molecule has 1 aliphatic carbocycles. The average molecular weight is 399 g/mol. The number of hydrogen-bond donors (Lipinski definition) is 3. The lowest BCUT2D eigenvalue weighted by molar-refractivity contribution is -0.121. The first-order chi connectivity index (χ1) is 14.1. The summed E-state index contributed by atoms with van der Waals surface area (Å²) in [5, 5.41) is 13.6. The Labute approximate surface area is 168 Å². The smallest absolute Gasteiger partial charge is 0.416 e. The van der Waals surface area contributed by atoms with Gasteiger partial charge in [0.15, 0.2) is 12.0 Å². The van der Waals surface area contributed by atoms with E-state index in [2.05, 4.69) is 20.8 Å². The van der Waals surface area contributed by atoms with Gasteiger partial charge < -0.3 is 20.1 Å². The number of cyclic esters (lactones) is 1. The van der Waals surface area contributed by atoms with Gasteiger partial charge >= 0.3 is 6.09 Å². The monoisotopic (exact) mass is 399 g/mol. The molecule has 1 saturated heterocycles. The summed E-state index contributed by atoms with van der Waals surface area (Å²) in [6, 6.07) is 5.95. The SMILES string of the molecule is COCCNc1n[nH]c2c1CCCc1cc(N3C[C@H](NC(C)=O)OC3=O)ccc1-2. The molecule has 1 atom stereocenters. The van der Waals surface area contributed by atoms with Crippen LogP contribution in [0, 0.1) is 0 Å². The Morgan fingerprint density at radius 1 is 1.41 bits per heavy atom. The Morgan fingerprint density at radius 2 is 2.28 bits per heavy atom. The van der Waals surface area contributed by atoms with Crippen LogP contribution in [0.1, 0.15) is 24.5 Å². The number of aryl methyl sites for hydroxylation is 1. The maximum atomic E-state index is 12.2. The number of fused-ring (bicyclic) bond motifs is 3. The second-order valence-corrected chi connectivity index (χ2v) is 7.22. The Kier molecular flexibility index (Phi) is 5.39. The number of aromatic amines is 1. The third-order valence-corrected chi connectivity index (χ3v) is 5.18. The van der Waals surface area contributed by atoms with E-state index in [0.29, 0.717) is 19.7 Å². The standard InChI is InChI=1S/C20H25N5O4/c1-12(26)22-17-11-25(20(27)29-17)14-6-7-15-13(10-14)4-3-5-16-18(15)23-24-19(16)21-8-9-28-2/h6-7,10,17H,3-5,8-9,11H2,1-2H3,(H,22,26)(H2,21,23,24)/t17-/m1/s1. The van der Waals surface area contributed by atoms with Crippen LogP contribution in [0.5, 0.6) is 0 Å². The second-order valence-electron chi connectivity index (χ2n) is 7.22. The number of amides is 2. The summed E-state index contributed by atoms with van der Waals surface area (Å²) >= 11 is 0. The van der Waals surface area contributed by atoms with Crippen molar-refractivity contribution < 1.29 is 19.1 Å². The minimum Gasteiger partial charge on any atom is -0.423 e. The van der Waals surface area contributed by atoms with Gasteiger partial charge in [0.1, 0.15) is 0 Å². The molecular weight excluding hydrogens is 374 g/mol. The topological polar surface area (TPSA) is 109 Å². The van der Waals surface area contributed by atoms with E-state index in [1.807, 2.05) is 18.2 Å². The Bertz CT molecular complexity index is 926. The van der Waals surface area contributed by atoms with E-state index < -0.39 is 12.3 Å². The Morgan fingerprint density at radius 3 is 3.07 bits per heavy atom. The van der Waals surface area contributed by atoms with Gasteiger partial charge in [0.2, 0.25) is 5.91 Å². The predicted octanol–water partition coefficient (Wildman–Crippen LogP) is 2.04. The highest BCUT2D eigenvalue weighted by Crippen LogP contribution is 2.36. The van der Waals surface area contributed by atoms with E-state index in [-0.39, 0.29) is 5.91 Å². The number of carbonyl (C=O) groups excluding carboxylic acids is 2. The van der Waals surface area contributed by atoms with Crippen molar-refractivity contribution in [3.63, 3.8) is 0 Å². The van der Waals surface area contributed by atoms with Gasteiger partial charge in [-0.15, -0.1) is 0 Å². The van der Waals surface area contributed by atoms with Crippen LogP contribution in [0.25, 0.3) is 11.3 Å². The van der Waals surface area contributed by atoms with Crippen LogP contribution in [0.2, 0.25) is 0 Å². The number of H-pyrrole nitrogens is 1. The molecule has 9 nitrogen and oxygen atoms in total. The normalized spacial score (nSPS) is 17.9. The van der Waals surface area contributed by atoms with Crippen molar-refractivity contribution in [2.75, 3.05) is 37.0 Å². The fraction of sp³-hybridized carbons (Fsp3) is 0.450. The van der Waals surface area contributed by atoms with Gasteiger partial charge in [0.05, 0.1) is 18.8 Å². The molecule has 1 aromatic heterocycles. The van der Waals surface area contributed by atoms with E-state index in [4.69, 9.17) is 9.47 Å². The number of aromatic nitrogens is 2. The van der Waals surface area contributed by atoms with Crippen molar-refractivity contribution in [3.8, 4) is 11.3 Å². The minimum absolute atomic E-state index is 0.228. The summed E-state index contributed by atoms with van der Waals surface area (Å²) in [5.74, 6) is 0.642. The maximum absolute atomic E-state index is 12.2. The van der Waals surface area contributed by atoms with Crippen LogP contribution in [0.3, 0.4) is 0 Å². The van der Waals surface area contributed by atoms with Gasteiger partial charge in [0, 0.05) is 37.4 Å². The molecule has 2 heterocycles. The molecule has 29 heavy (non-hydrogen) atoms. The average Bonchev–Trinajstić information content (AvgIpc) is 3.19. The molecule has 1 aromatic carbocycles. The molecule has 154 valence electrons. The molecule has 0 spiro atoms. The van der Waals surface area contributed by atoms with Crippen molar-refractivity contribution >= 4 is 23.5 Å². The number of benzene rings is 1. The number of carbonyl (C=O) groups is 2. The molecule has 0 saturated carbocycles. The van der Waals surface area contributed by atoms with Crippen molar-refractivity contribution in [3.05, 3.63) is 29.3 Å².